The van der Waals surface area contributed by atoms with E-state index in [0.29, 0.717) is 18.5 Å². The highest BCUT2D eigenvalue weighted by atomic mass is 16.6. The Morgan fingerprint density at radius 3 is 2.14 bits per heavy atom. The van der Waals surface area contributed by atoms with Crippen LogP contribution in [0.1, 0.15) is 52.7 Å². The van der Waals surface area contributed by atoms with Crippen molar-refractivity contribution in [2.45, 2.75) is 66.3 Å². The van der Waals surface area contributed by atoms with E-state index in [1.165, 1.54) is 5.56 Å². The number of amides is 1. The molecule has 2 N–H and O–H groups in total. The van der Waals surface area contributed by atoms with Gasteiger partial charge in [-0.2, -0.15) is 0 Å². The van der Waals surface area contributed by atoms with Gasteiger partial charge in [0.1, 0.15) is 5.60 Å². The molecule has 0 spiro atoms. The van der Waals surface area contributed by atoms with Gasteiger partial charge in [0.15, 0.2) is 0 Å². The van der Waals surface area contributed by atoms with Crippen LogP contribution in [0.5, 0.6) is 0 Å². The second-order valence-corrected chi connectivity index (χ2v) is 7.04. The summed E-state index contributed by atoms with van der Waals surface area (Å²) in [6.45, 7) is 13.4. The average Bonchev–Trinajstić information content (AvgIpc) is 2.41. The molecule has 4 heteroatoms. The van der Waals surface area contributed by atoms with Crippen LogP contribution in [-0.2, 0) is 17.8 Å². The Kier molecular flexibility index (Phi) is 6.88. The van der Waals surface area contributed by atoms with Crippen LogP contribution in [0.25, 0.3) is 0 Å². The lowest BCUT2D eigenvalue weighted by atomic mass is 10.0. The van der Waals surface area contributed by atoms with Gasteiger partial charge in [-0.15, -0.1) is 0 Å². The van der Waals surface area contributed by atoms with Gasteiger partial charge in [-0.25, -0.2) is 4.79 Å². The maximum absolute atomic E-state index is 11.7. The fourth-order valence-corrected chi connectivity index (χ4v) is 1.89. The fraction of sp³-hybridized carbons (Fsp3) is 0.611. The molecular weight excluding hydrogens is 276 g/mol. The molecule has 0 fully saturated rings. The van der Waals surface area contributed by atoms with Crippen molar-refractivity contribution >= 4 is 6.09 Å². The van der Waals surface area contributed by atoms with Gasteiger partial charge in [0.2, 0.25) is 0 Å². The molecule has 0 aliphatic rings. The number of hydrogen-bond acceptors (Lipinski definition) is 3. The highest BCUT2D eigenvalue weighted by Crippen LogP contribution is 2.11. The summed E-state index contributed by atoms with van der Waals surface area (Å²) in [4.78, 5) is 11.7. The number of benzene rings is 1. The molecule has 0 aliphatic carbocycles. The summed E-state index contributed by atoms with van der Waals surface area (Å²) in [7, 11) is 0. The zero-order valence-corrected chi connectivity index (χ0v) is 14.7. The van der Waals surface area contributed by atoms with Crippen molar-refractivity contribution in [1.82, 2.24) is 10.6 Å². The van der Waals surface area contributed by atoms with E-state index in [4.69, 9.17) is 4.74 Å². The van der Waals surface area contributed by atoms with E-state index in [9.17, 15) is 4.79 Å². The van der Waals surface area contributed by atoms with E-state index < -0.39 is 5.60 Å². The molecule has 0 radical (unpaired) electrons. The van der Waals surface area contributed by atoms with Gasteiger partial charge in [-0.3, -0.25) is 0 Å². The van der Waals surface area contributed by atoms with Gasteiger partial charge in [0.25, 0.3) is 0 Å². The largest absolute Gasteiger partial charge is 0.444 e. The van der Waals surface area contributed by atoms with Crippen LogP contribution in [0.4, 0.5) is 4.79 Å². The topological polar surface area (TPSA) is 50.4 Å². The summed E-state index contributed by atoms with van der Waals surface area (Å²) < 4.78 is 5.26. The van der Waals surface area contributed by atoms with Crippen molar-refractivity contribution in [2.24, 2.45) is 5.92 Å². The van der Waals surface area contributed by atoms with Crippen LogP contribution in [0.2, 0.25) is 0 Å². The Labute approximate surface area is 134 Å². The fourth-order valence-electron chi connectivity index (χ4n) is 1.89. The Balaban J connectivity index is 2.58. The van der Waals surface area contributed by atoms with Crippen molar-refractivity contribution in [2.75, 3.05) is 0 Å². The molecule has 1 amide bonds. The third-order valence-electron chi connectivity index (χ3n) is 3.55. The third-order valence-corrected chi connectivity index (χ3v) is 3.55. The summed E-state index contributed by atoms with van der Waals surface area (Å²) in [6.07, 6.45) is -0.384. The summed E-state index contributed by atoms with van der Waals surface area (Å²) >= 11 is 0. The summed E-state index contributed by atoms with van der Waals surface area (Å²) in [5.74, 6) is 0.590. The van der Waals surface area contributed by atoms with E-state index >= 15 is 0 Å². The van der Waals surface area contributed by atoms with Crippen LogP contribution in [0, 0.1) is 5.92 Å². The molecule has 124 valence electrons. The molecule has 1 aromatic rings. The molecule has 0 saturated heterocycles. The quantitative estimate of drug-likeness (QED) is 0.839. The van der Waals surface area contributed by atoms with Crippen molar-refractivity contribution < 1.29 is 9.53 Å². The van der Waals surface area contributed by atoms with Gasteiger partial charge >= 0.3 is 6.09 Å². The molecule has 4 nitrogen and oxygen atoms in total. The minimum Gasteiger partial charge on any atom is -0.444 e. The molecule has 0 aromatic heterocycles. The van der Waals surface area contributed by atoms with E-state index in [-0.39, 0.29) is 6.09 Å². The first-order valence-corrected chi connectivity index (χ1v) is 7.96. The third kappa shape index (κ3) is 6.94. The SMILES string of the molecule is CC(C)C(C)NCc1ccccc1CNC(=O)OC(C)(C)C. The molecule has 1 rings (SSSR count). The number of carbonyl (C=O) groups excluding carboxylic acids is 1. The van der Waals surface area contributed by atoms with Crippen LogP contribution < -0.4 is 10.6 Å². The Morgan fingerprint density at radius 2 is 1.64 bits per heavy atom. The first kappa shape index (κ1) is 18.5. The Morgan fingerprint density at radius 1 is 1.09 bits per heavy atom. The lowest BCUT2D eigenvalue weighted by molar-refractivity contribution is 0.0523. The maximum Gasteiger partial charge on any atom is 0.407 e. The molecule has 1 unspecified atom stereocenters. The van der Waals surface area contributed by atoms with Crippen LogP contribution in [0.3, 0.4) is 0 Å². The number of alkyl carbamates (subject to hydrolysis) is 1. The van der Waals surface area contributed by atoms with Crippen molar-refractivity contribution in [3.05, 3.63) is 35.4 Å². The van der Waals surface area contributed by atoms with Crippen LogP contribution in [0.15, 0.2) is 24.3 Å². The first-order valence-electron chi connectivity index (χ1n) is 7.96. The monoisotopic (exact) mass is 306 g/mol. The lowest BCUT2D eigenvalue weighted by Crippen LogP contribution is -2.33. The molecular formula is C18H30N2O2. The normalized spacial score (nSPS) is 13.0. The predicted molar refractivity (Wildman–Crippen MR) is 90.7 cm³/mol. The van der Waals surface area contributed by atoms with Crippen LogP contribution in [-0.4, -0.2) is 17.7 Å². The highest BCUT2D eigenvalue weighted by Gasteiger charge is 2.16. The number of carbonyl (C=O) groups is 1. The number of nitrogens with one attached hydrogen (secondary N) is 2. The zero-order chi connectivity index (χ0) is 16.8. The van der Waals surface area contributed by atoms with E-state index in [1.54, 1.807) is 0 Å². The minimum atomic E-state index is -0.474. The highest BCUT2D eigenvalue weighted by molar-refractivity contribution is 5.67. The van der Waals surface area contributed by atoms with Crippen molar-refractivity contribution in [1.29, 1.82) is 0 Å². The minimum absolute atomic E-state index is 0.384. The Hall–Kier alpha value is -1.55. The van der Waals surface area contributed by atoms with E-state index in [1.807, 2.05) is 39.0 Å². The van der Waals surface area contributed by atoms with Gasteiger partial charge in [-0.05, 0) is 44.7 Å². The predicted octanol–water partition coefficient (Wildman–Crippen LogP) is 3.85. The van der Waals surface area contributed by atoms with Gasteiger partial charge in [0, 0.05) is 19.1 Å². The molecule has 0 heterocycles. The maximum atomic E-state index is 11.7. The smallest absolute Gasteiger partial charge is 0.407 e. The van der Waals surface area contributed by atoms with Crippen molar-refractivity contribution in [3.63, 3.8) is 0 Å². The zero-order valence-electron chi connectivity index (χ0n) is 14.7. The second kappa shape index (κ2) is 8.18. The molecule has 1 aromatic carbocycles. The van der Waals surface area contributed by atoms with Gasteiger partial charge in [-0.1, -0.05) is 38.1 Å². The van der Waals surface area contributed by atoms with E-state index in [2.05, 4.69) is 37.5 Å². The van der Waals surface area contributed by atoms with E-state index in [0.717, 1.165) is 12.1 Å². The second-order valence-electron chi connectivity index (χ2n) is 7.04. The van der Waals surface area contributed by atoms with Gasteiger partial charge < -0.3 is 15.4 Å². The Bertz CT molecular complexity index is 478. The first-order chi connectivity index (χ1) is 10.2. The summed E-state index contributed by atoms with van der Waals surface area (Å²) in [5, 5.41) is 6.34. The van der Waals surface area contributed by atoms with Crippen molar-refractivity contribution in [3.8, 4) is 0 Å². The molecule has 0 aliphatic heterocycles. The molecule has 1 atom stereocenters. The molecule has 0 saturated carbocycles. The molecule has 0 bridgehead atoms. The lowest BCUT2D eigenvalue weighted by Gasteiger charge is -2.21. The standard InChI is InChI=1S/C18H30N2O2/c1-13(2)14(3)19-11-15-9-7-8-10-16(15)12-20-17(21)22-18(4,5)6/h7-10,13-14,19H,11-12H2,1-6H3,(H,20,21). The summed E-state index contributed by atoms with van der Waals surface area (Å²) in [5.41, 5.74) is 1.83. The average molecular weight is 306 g/mol. The molecule has 22 heavy (non-hydrogen) atoms. The van der Waals surface area contributed by atoms with Gasteiger partial charge in [0.05, 0.1) is 0 Å². The number of hydrogen-bond donors (Lipinski definition) is 2. The van der Waals surface area contributed by atoms with Crippen LogP contribution >= 0.6 is 0 Å². The number of ether oxygens (including phenoxy) is 1. The number of rotatable bonds is 6. The summed E-state index contributed by atoms with van der Waals surface area (Å²) in [6, 6.07) is 8.59.